The molecule has 1 amide bonds. The standard InChI is InChI=1S/C12H11ClN4O/c1-8-5-11(13)10(7-14-8)12(18)15-6-9-3-2-4-16-17-9/h2-5,7H,6H2,1H3,(H,15,18). The lowest BCUT2D eigenvalue weighted by Crippen LogP contribution is -2.24. The van der Waals surface area contributed by atoms with Gasteiger partial charge in [0.1, 0.15) is 0 Å². The summed E-state index contributed by atoms with van der Waals surface area (Å²) in [5.41, 5.74) is 1.80. The molecule has 0 aliphatic rings. The van der Waals surface area contributed by atoms with Crippen LogP contribution < -0.4 is 5.32 Å². The zero-order valence-corrected chi connectivity index (χ0v) is 10.5. The Morgan fingerprint density at radius 1 is 1.50 bits per heavy atom. The lowest BCUT2D eigenvalue weighted by atomic mass is 10.2. The highest BCUT2D eigenvalue weighted by molar-refractivity contribution is 6.33. The van der Waals surface area contributed by atoms with Gasteiger partial charge in [-0.3, -0.25) is 9.78 Å². The van der Waals surface area contributed by atoms with Crippen LogP contribution in [0.4, 0.5) is 0 Å². The highest BCUT2D eigenvalue weighted by Gasteiger charge is 2.10. The van der Waals surface area contributed by atoms with E-state index < -0.39 is 0 Å². The average molecular weight is 263 g/mol. The van der Waals surface area contributed by atoms with Crippen LogP contribution in [0.15, 0.2) is 30.6 Å². The molecule has 2 rings (SSSR count). The smallest absolute Gasteiger partial charge is 0.254 e. The molecule has 0 aliphatic heterocycles. The van der Waals surface area contributed by atoms with Crippen LogP contribution in [0.3, 0.4) is 0 Å². The SMILES string of the molecule is Cc1cc(Cl)c(C(=O)NCc2cccnn2)cn1. The van der Waals surface area contributed by atoms with E-state index in [1.54, 1.807) is 24.4 Å². The van der Waals surface area contributed by atoms with Crippen molar-refractivity contribution in [3.05, 3.63) is 52.6 Å². The molecule has 0 unspecified atom stereocenters. The second-order valence-electron chi connectivity index (χ2n) is 3.70. The molecule has 2 aromatic heterocycles. The van der Waals surface area contributed by atoms with E-state index in [1.807, 2.05) is 6.92 Å². The van der Waals surface area contributed by atoms with E-state index in [2.05, 4.69) is 20.5 Å². The van der Waals surface area contributed by atoms with E-state index in [4.69, 9.17) is 11.6 Å². The van der Waals surface area contributed by atoms with Gasteiger partial charge < -0.3 is 5.32 Å². The van der Waals surface area contributed by atoms with Gasteiger partial charge in [-0.05, 0) is 25.1 Å². The Balaban J connectivity index is 2.04. The summed E-state index contributed by atoms with van der Waals surface area (Å²) in [5.74, 6) is -0.279. The molecule has 2 heterocycles. The maximum absolute atomic E-state index is 11.9. The Hall–Kier alpha value is -2.01. The summed E-state index contributed by atoms with van der Waals surface area (Å²) in [7, 11) is 0. The van der Waals surface area contributed by atoms with Gasteiger partial charge in [-0.15, -0.1) is 0 Å². The fourth-order valence-electron chi connectivity index (χ4n) is 1.39. The minimum absolute atomic E-state index is 0.279. The molecule has 0 radical (unpaired) electrons. The Bertz CT molecular complexity index is 559. The van der Waals surface area contributed by atoms with E-state index in [1.165, 1.54) is 6.20 Å². The number of halogens is 1. The van der Waals surface area contributed by atoms with Crippen molar-refractivity contribution in [2.24, 2.45) is 0 Å². The first-order valence-electron chi connectivity index (χ1n) is 5.34. The zero-order valence-electron chi connectivity index (χ0n) is 9.72. The van der Waals surface area contributed by atoms with Crippen LogP contribution in [0.1, 0.15) is 21.7 Å². The first-order chi connectivity index (χ1) is 8.66. The molecule has 92 valence electrons. The van der Waals surface area contributed by atoms with Crippen LogP contribution in [-0.4, -0.2) is 21.1 Å². The molecule has 0 saturated heterocycles. The first-order valence-corrected chi connectivity index (χ1v) is 5.71. The Morgan fingerprint density at radius 2 is 2.33 bits per heavy atom. The van der Waals surface area contributed by atoms with Gasteiger partial charge in [0, 0.05) is 18.1 Å². The molecular weight excluding hydrogens is 252 g/mol. The molecule has 0 spiro atoms. The van der Waals surface area contributed by atoms with Crippen molar-refractivity contribution in [2.45, 2.75) is 13.5 Å². The van der Waals surface area contributed by atoms with Crippen LogP contribution in [0.2, 0.25) is 5.02 Å². The number of aromatic nitrogens is 3. The first kappa shape index (κ1) is 12.4. The van der Waals surface area contributed by atoms with Gasteiger partial charge in [0.15, 0.2) is 0 Å². The van der Waals surface area contributed by atoms with Crippen molar-refractivity contribution in [3.8, 4) is 0 Å². The molecule has 6 heteroatoms. The van der Waals surface area contributed by atoms with Gasteiger partial charge >= 0.3 is 0 Å². The number of carbonyl (C=O) groups excluding carboxylic acids is 1. The fourth-order valence-corrected chi connectivity index (χ4v) is 1.68. The summed E-state index contributed by atoms with van der Waals surface area (Å²) in [6.07, 6.45) is 3.04. The van der Waals surface area contributed by atoms with Gasteiger partial charge in [0.25, 0.3) is 5.91 Å². The predicted molar refractivity (Wildman–Crippen MR) is 67.2 cm³/mol. The van der Waals surface area contributed by atoms with E-state index in [0.717, 1.165) is 5.69 Å². The topological polar surface area (TPSA) is 67.8 Å². The van der Waals surface area contributed by atoms with Crippen LogP contribution in [0.5, 0.6) is 0 Å². The van der Waals surface area contributed by atoms with E-state index in [-0.39, 0.29) is 5.91 Å². The maximum atomic E-state index is 11.9. The largest absolute Gasteiger partial charge is 0.346 e. The number of rotatable bonds is 3. The summed E-state index contributed by atoms with van der Waals surface area (Å²) in [5, 5.41) is 10.7. The van der Waals surface area contributed by atoms with Crippen LogP contribution >= 0.6 is 11.6 Å². The van der Waals surface area contributed by atoms with E-state index in [9.17, 15) is 4.79 Å². The van der Waals surface area contributed by atoms with E-state index >= 15 is 0 Å². The fraction of sp³-hybridized carbons (Fsp3) is 0.167. The number of pyridine rings is 1. The van der Waals surface area contributed by atoms with Gasteiger partial charge in [-0.2, -0.15) is 10.2 Å². The number of hydrogen-bond acceptors (Lipinski definition) is 4. The van der Waals surface area contributed by atoms with Crippen molar-refractivity contribution < 1.29 is 4.79 Å². The van der Waals surface area contributed by atoms with Crippen molar-refractivity contribution in [1.29, 1.82) is 0 Å². The summed E-state index contributed by atoms with van der Waals surface area (Å²) < 4.78 is 0. The molecule has 1 N–H and O–H groups in total. The molecule has 5 nitrogen and oxygen atoms in total. The Kier molecular flexibility index (Phi) is 3.84. The number of nitrogens with zero attached hydrogens (tertiary/aromatic N) is 3. The van der Waals surface area contributed by atoms with Crippen molar-refractivity contribution in [1.82, 2.24) is 20.5 Å². The van der Waals surface area contributed by atoms with Gasteiger partial charge in [0.05, 0.1) is 22.8 Å². The van der Waals surface area contributed by atoms with Gasteiger partial charge in [0.2, 0.25) is 0 Å². The predicted octanol–water partition coefficient (Wildman–Crippen LogP) is 1.76. The molecule has 0 bridgehead atoms. The molecular formula is C12H11ClN4O. The summed E-state index contributed by atoms with van der Waals surface area (Å²) in [6.45, 7) is 2.12. The van der Waals surface area contributed by atoms with Crippen molar-refractivity contribution >= 4 is 17.5 Å². The molecule has 0 saturated carbocycles. The number of nitrogens with one attached hydrogen (secondary N) is 1. The highest BCUT2D eigenvalue weighted by atomic mass is 35.5. The van der Waals surface area contributed by atoms with Crippen LogP contribution in [0, 0.1) is 6.92 Å². The zero-order chi connectivity index (χ0) is 13.0. The summed E-state index contributed by atoms with van der Waals surface area (Å²) in [4.78, 5) is 15.9. The molecule has 2 aromatic rings. The maximum Gasteiger partial charge on any atom is 0.254 e. The summed E-state index contributed by atoms with van der Waals surface area (Å²) in [6, 6.07) is 5.19. The van der Waals surface area contributed by atoms with Crippen molar-refractivity contribution in [3.63, 3.8) is 0 Å². The van der Waals surface area contributed by atoms with Crippen molar-refractivity contribution in [2.75, 3.05) is 0 Å². The minimum atomic E-state index is -0.279. The van der Waals surface area contributed by atoms with Gasteiger partial charge in [-0.1, -0.05) is 11.6 Å². The number of hydrogen-bond donors (Lipinski definition) is 1. The monoisotopic (exact) mass is 262 g/mol. The lowest BCUT2D eigenvalue weighted by molar-refractivity contribution is 0.0950. The lowest BCUT2D eigenvalue weighted by Gasteiger charge is -2.06. The second kappa shape index (κ2) is 5.55. The van der Waals surface area contributed by atoms with Gasteiger partial charge in [-0.25, -0.2) is 0 Å². The third-order valence-electron chi connectivity index (χ3n) is 2.29. The summed E-state index contributed by atoms with van der Waals surface area (Å²) >= 11 is 5.98. The average Bonchev–Trinajstić information content (AvgIpc) is 2.37. The normalized spacial score (nSPS) is 10.1. The molecule has 18 heavy (non-hydrogen) atoms. The molecule has 0 aromatic carbocycles. The third-order valence-corrected chi connectivity index (χ3v) is 2.61. The van der Waals surface area contributed by atoms with Crippen LogP contribution in [0.25, 0.3) is 0 Å². The molecule has 0 aliphatic carbocycles. The number of amides is 1. The van der Waals surface area contributed by atoms with Crippen LogP contribution in [-0.2, 0) is 6.54 Å². The Morgan fingerprint density at radius 3 is 3.00 bits per heavy atom. The molecule has 0 atom stereocenters. The number of aryl methyl sites for hydroxylation is 1. The minimum Gasteiger partial charge on any atom is -0.346 e. The molecule has 0 fully saturated rings. The highest BCUT2D eigenvalue weighted by Crippen LogP contribution is 2.15. The number of carbonyl (C=O) groups is 1. The second-order valence-corrected chi connectivity index (χ2v) is 4.11. The third kappa shape index (κ3) is 3.01. The Labute approximate surface area is 109 Å². The van der Waals surface area contributed by atoms with E-state index in [0.29, 0.717) is 22.8 Å². The quantitative estimate of drug-likeness (QED) is 0.915.